The van der Waals surface area contributed by atoms with Crippen molar-refractivity contribution in [1.29, 1.82) is 0 Å². The lowest BCUT2D eigenvalue weighted by Crippen LogP contribution is -2.57. The van der Waals surface area contributed by atoms with Crippen LogP contribution in [0.25, 0.3) is 0 Å². The number of likely N-dealkylation sites (tertiary alicyclic amines) is 1. The van der Waals surface area contributed by atoms with Crippen molar-refractivity contribution in [3.8, 4) is 0 Å². The molecule has 3 heterocycles. The molecule has 7 atom stereocenters. The van der Waals surface area contributed by atoms with Gasteiger partial charge in [0.2, 0.25) is 17.7 Å². The van der Waals surface area contributed by atoms with Crippen LogP contribution < -0.4 is 5.32 Å². The number of benzene rings is 1. The summed E-state index contributed by atoms with van der Waals surface area (Å²) in [5, 5.41) is 12.1. The largest absolute Gasteiger partial charge is 0.455 e. The van der Waals surface area contributed by atoms with Gasteiger partial charge in [0.1, 0.15) is 17.7 Å². The van der Waals surface area contributed by atoms with Crippen molar-refractivity contribution in [1.82, 2.24) is 15.1 Å². The number of allylic oxidation sites excluding steroid dienone is 1. The zero-order valence-corrected chi connectivity index (χ0v) is 28.1. The van der Waals surface area contributed by atoms with E-state index in [9.17, 15) is 24.3 Å². The van der Waals surface area contributed by atoms with Gasteiger partial charge in [-0.05, 0) is 51.0 Å². The summed E-state index contributed by atoms with van der Waals surface area (Å²) < 4.78 is 12.8. The number of hydrogen-bond donors (Lipinski definition) is 2. The number of carbonyl (C=O) groups excluding carboxylic acids is 4. The molecule has 3 aliphatic rings. The maximum atomic E-state index is 14.5. The van der Waals surface area contributed by atoms with Crippen molar-refractivity contribution in [3.05, 3.63) is 61.2 Å². The lowest BCUT2D eigenvalue weighted by atomic mass is 9.70. The number of aliphatic hydroxyl groups excluding tert-OH is 1. The SMILES string of the molecule is C=CCCC(=O)NC[C@@H](OC(=O)[C@@H]1[C@@H]2CC[C@]3(O2)[C@H](C(=O)N(CC=C)C(C)CCC)N(CCCCCCO)C(=O)[C@@H]13)c1ccccc1. The molecule has 4 rings (SSSR count). The number of nitrogens with one attached hydrogen (secondary N) is 1. The van der Waals surface area contributed by atoms with Crippen molar-refractivity contribution in [2.75, 3.05) is 26.2 Å². The molecule has 10 nitrogen and oxygen atoms in total. The van der Waals surface area contributed by atoms with Gasteiger partial charge in [-0.15, -0.1) is 13.2 Å². The van der Waals surface area contributed by atoms with E-state index in [0.717, 1.165) is 31.2 Å². The van der Waals surface area contributed by atoms with Crippen molar-refractivity contribution >= 4 is 23.7 Å². The third-order valence-corrected chi connectivity index (χ3v) is 9.95. The summed E-state index contributed by atoms with van der Waals surface area (Å²) in [6.07, 6.45) is 8.62. The number of unbranched alkanes of at least 4 members (excludes halogenated alkanes) is 3. The number of nitrogens with zero attached hydrogens (tertiary/aromatic N) is 2. The number of ether oxygens (including phenoxy) is 2. The van der Waals surface area contributed by atoms with E-state index in [2.05, 4.69) is 25.4 Å². The van der Waals surface area contributed by atoms with Gasteiger partial charge in [0, 0.05) is 32.2 Å². The average Bonchev–Trinajstić information content (AvgIpc) is 3.71. The second-order valence-electron chi connectivity index (χ2n) is 13.1. The Balaban J connectivity index is 1.62. The minimum absolute atomic E-state index is 0.0601. The number of amides is 3. The number of aliphatic hydroxyl groups is 1. The van der Waals surface area contributed by atoms with Gasteiger partial charge in [0.15, 0.2) is 0 Å². The van der Waals surface area contributed by atoms with Gasteiger partial charge in [-0.25, -0.2) is 0 Å². The molecular formula is C37H53N3O7. The van der Waals surface area contributed by atoms with E-state index < -0.39 is 41.7 Å². The quantitative estimate of drug-likeness (QED) is 0.121. The molecule has 2 N–H and O–H groups in total. The van der Waals surface area contributed by atoms with E-state index in [0.29, 0.717) is 45.2 Å². The van der Waals surface area contributed by atoms with Crippen LogP contribution in [-0.2, 0) is 28.7 Å². The van der Waals surface area contributed by atoms with Crippen LogP contribution in [0.5, 0.6) is 0 Å². The Morgan fingerprint density at radius 2 is 1.91 bits per heavy atom. The Morgan fingerprint density at radius 1 is 1.17 bits per heavy atom. The molecule has 1 aromatic rings. The summed E-state index contributed by atoms with van der Waals surface area (Å²) in [5.74, 6) is -2.85. The van der Waals surface area contributed by atoms with E-state index in [1.807, 2.05) is 37.3 Å². The number of fused-ring (bicyclic) bond motifs is 1. The molecule has 258 valence electrons. The molecule has 1 aromatic carbocycles. The van der Waals surface area contributed by atoms with Crippen molar-refractivity contribution in [2.24, 2.45) is 11.8 Å². The summed E-state index contributed by atoms with van der Waals surface area (Å²) in [6, 6.07) is 8.31. The van der Waals surface area contributed by atoms with Gasteiger partial charge in [-0.3, -0.25) is 19.2 Å². The van der Waals surface area contributed by atoms with Crippen LogP contribution in [0, 0.1) is 11.8 Å². The number of rotatable bonds is 20. The average molecular weight is 652 g/mol. The Labute approximate surface area is 279 Å². The van der Waals surface area contributed by atoms with Gasteiger partial charge in [0.05, 0.1) is 24.5 Å². The molecule has 1 spiro atoms. The van der Waals surface area contributed by atoms with Crippen LogP contribution in [0.1, 0.15) is 89.7 Å². The molecule has 0 radical (unpaired) electrons. The molecule has 10 heteroatoms. The maximum Gasteiger partial charge on any atom is 0.313 e. The summed E-state index contributed by atoms with van der Waals surface area (Å²) in [5.41, 5.74) is -0.399. The standard InChI is InChI=1S/C37H53N3O7/c1-5-8-19-30(42)38-25-29(27-17-12-11-13-18-27)46-36(45)31-28-20-21-37(47-28)32(31)34(43)40(23-14-9-10-15-24-41)33(37)35(44)39(22-7-3)26(4)16-6-2/h5,7,11-13,17-18,26,28-29,31-33,41H,1,3,6,8-10,14-16,19-25H2,2,4H3,(H,38,42)/t26?,28-,29+,31+,32+,33-,37+/m0/s1. The normalized spacial score (nSPS) is 25.6. The van der Waals surface area contributed by atoms with E-state index in [1.165, 1.54) is 0 Å². The fraction of sp³-hybridized carbons (Fsp3) is 0.622. The Bertz CT molecular complexity index is 1260. The highest BCUT2D eigenvalue weighted by atomic mass is 16.6. The van der Waals surface area contributed by atoms with Crippen molar-refractivity contribution in [2.45, 2.75) is 108 Å². The Hall–Kier alpha value is -3.50. The van der Waals surface area contributed by atoms with Crippen LogP contribution in [-0.4, -0.2) is 88.6 Å². The molecule has 3 fully saturated rings. The zero-order valence-electron chi connectivity index (χ0n) is 28.1. The Kier molecular flexibility index (Phi) is 13.2. The second kappa shape index (κ2) is 17.1. The van der Waals surface area contributed by atoms with Crippen LogP contribution in [0.2, 0.25) is 0 Å². The maximum absolute atomic E-state index is 14.5. The monoisotopic (exact) mass is 651 g/mol. The van der Waals surface area contributed by atoms with Crippen molar-refractivity contribution in [3.63, 3.8) is 0 Å². The summed E-state index contributed by atoms with van der Waals surface area (Å²) >= 11 is 0. The van der Waals surface area contributed by atoms with E-state index in [1.54, 1.807) is 22.0 Å². The van der Waals surface area contributed by atoms with Crippen LogP contribution in [0.15, 0.2) is 55.6 Å². The molecule has 0 saturated carbocycles. The zero-order chi connectivity index (χ0) is 34.0. The minimum atomic E-state index is -1.12. The third kappa shape index (κ3) is 7.97. The lowest BCUT2D eigenvalue weighted by molar-refractivity contribution is -0.160. The first-order valence-corrected chi connectivity index (χ1v) is 17.4. The first-order chi connectivity index (χ1) is 22.7. The first kappa shape index (κ1) is 36.3. The molecule has 0 aliphatic carbocycles. The highest BCUT2D eigenvalue weighted by molar-refractivity contribution is 5.98. The smallest absolute Gasteiger partial charge is 0.313 e. The second-order valence-corrected chi connectivity index (χ2v) is 13.1. The fourth-order valence-corrected chi connectivity index (χ4v) is 7.69. The first-order valence-electron chi connectivity index (χ1n) is 17.4. The fourth-order valence-electron chi connectivity index (χ4n) is 7.69. The lowest BCUT2D eigenvalue weighted by Gasteiger charge is -2.39. The highest BCUT2D eigenvalue weighted by Crippen LogP contribution is 2.59. The van der Waals surface area contributed by atoms with E-state index >= 15 is 0 Å². The van der Waals surface area contributed by atoms with Crippen LogP contribution >= 0.6 is 0 Å². The van der Waals surface area contributed by atoms with Crippen molar-refractivity contribution < 1.29 is 33.8 Å². The third-order valence-electron chi connectivity index (χ3n) is 9.95. The molecule has 47 heavy (non-hydrogen) atoms. The molecular weight excluding hydrogens is 598 g/mol. The number of esters is 1. The van der Waals surface area contributed by atoms with Crippen LogP contribution in [0.4, 0.5) is 0 Å². The van der Waals surface area contributed by atoms with Crippen LogP contribution in [0.3, 0.4) is 0 Å². The van der Waals surface area contributed by atoms with E-state index in [4.69, 9.17) is 9.47 Å². The number of carbonyl (C=O) groups is 4. The molecule has 3 amide bonds. The highest BCUT2D eigenvalue weighted by Gasteiger charge is 2.75. The molecule has 3 saturated heterocycles. The molecule has 3 aliphatic heterocycles. The van der Waals surface area contributed by atoms with Gasteiger partial charge in [-0.2, -0.15) is 0 Å². The predicted octanol–water partition coefficient (Wildman–Crippen LogP) is 4.48. The van der Waals surface area contributed by atoms with Gasteiger partial charge in [-0.1, -0.05) is 68.7 Å². The molecule has 2 bridgehead atoms. The molecule has 1 unspecified atom stereocenters. The predicted molar refractivity (Wildman–Crippen MR) is 179 cm³/mol. The summed E-state index contributed by atoms with van der Waals surface area (Å²) in [7, 11) is 0. The Morgan fingerprint density at radius 3 is 2.60 bits per heavy atom. The van der Waals surface area contributed by atoms with Gasteiger partial charge >= 0.3 is 5.97 Å². The summed E-state index contributed by atoms with van der Waals surface area (Å²) in [6.45, 7) is 12.6. The van der Waals surface area contributed by atoms with E-state index in [-0.39, 0.29) is 43.3 Å². The minimum Gasteiger partial charge on any atom is -0.455 e. The summed E-state index contributed by atoms with van der Waals surface area (Å²) in [4.78, 5) is 59.0. The molecule has 0 aromatic heterocycles. The topological polar surface area (TPSA) is 125 Å². The van der Waals surface area contributed by atoms with Gasteiger partial charge < -0.3 is 29.7 Å². The number of hydrogen-bond acceptors (Lipinski definition) is 7. The van der Waals surface area contributed by atoms with Gasteiger partial charge in [0.25, 0.3) is 0 Å².